The van der Waals surface area contributed by atoms with Gasteiger partial charge in [-0.2, -0.15) is 0 Å². The topological polar surface area (TPSA) is 197 Å². The molecule has 1 aliphatic carbocycles. The second-order valence-corrected chi connectivity index (χ2v) is 23.3. The number of rotatable bonds is 18. The van der Waals surface area contributed by atoms with E-state index in [1.807, 2.05) is 74.5 Å². The molecule has 3 aliphatic rings. The Morgan fingerprint density at radius 2 is 1.07 bits per heavy atom. The molecule has 0 unspecified atom stereocenters. The quantitative estimate of drug-likeness (QED) is 0.0830. The van der Waals surface area contributed by atoms with E-state index in [1.165, 1.54) is 26.4 Å². The molecule has 2 aliphatic heterocycles. The summed E-state index contributed by atoms with van der Waals surface area (Å²) >= 11 is 0. The molecule has 9 rings (SSSR count). The zero-order chi connectivity index (χ0) is 50.4. The fourth-order valence-corrected chi connectivity index (χ4v) is 13.2. The number of pyridine rings is 2. The minimum Gasteiger partial charge on any atom is -0.489 e. The summed E-state index contributed by atoms with van der Waals surface area (Å²) in [6.07, 6.45) is 3.83. The molecular weight excluding hydrogens is 945 g/mol. The van der Waals surface area contributed by atoms with E-state index in [4.69, 9.17) is 18.9 Å². The molecule has 71 heavy (non-hydrogen) atoms. The van der Waals surface area contributed by atoms with Gasteiger partial charge in [0.25, 0.3) is 0 Å². The number of nitrogens with zero attached hydrogens (tertiary/aromatic N) is 3. The number of esters is 2. The van der Waals surface area contributed by atoms with Crippen LogP contribution in [0.5, 0.6) is 11.5 Å². The van der Waals surface area contributed by atoms with Crippen molar-refractivity contribution < 1.29 is 50.2 Å². The minimum atomic E-state index is -3.73. The molecule has 0 spiro atoms. The number of nitrogens with one attached hydrogen (secondary N) is 1. The highest BCUT2D eigenvalue weighted by molar-refractivity contribution is 7.91. The van der Waals surface area contributed by atoms with Crippen molar-refractivity contribution in [2.75, 3.05) is 51.9 Å². The number of aromatic nitrogens is 2. The average molecular weight is 1010 g/mol. The second kappa shape index (κ2) is 21.5. The van der Waals surface area contributed by atoms with Crippen LogP contribution in [-0.4, -0.2) is 101 Å². The van der Waals surface area contributed by atoms with Crippen molar-refractivity contribution in [2.45, 2.75) is 75.4 Å². The van der Waals surface area contributed by atoms with E-state index in [-0.39, 0.29) is 53.1 Å². The summed E-state index contributed by atoms with van der Waals surface area (Å²) in [6.45, 7) is 5.99. The van der Waals surface area contributed by atoms with Gasteiger partial charge < -0.3 is 29.2 Å². The molecule has 0 bridgehead atoms. The van der Waals surface area contributed by atoms with Crippen molar-refractivity contribution >= 4 is 59.3 Å². The van der Waals surface area contributed by atoms with Crippen molar-refractivity contribution in [3.63, 3.8) is 0 Å². The molecule has 6 aromatic rings. The smallest absolute Gasteiger partial charge is 0.306 e. The van der Waals surface area contributed by atoms with E-state index in [9.17, 15) is 31.2 Å². The van der Waals surface area contributed by atoms with Gasteiger partial charge in [0.05, 0.1) is 59.4 Å². The first-order chi connectivity index (χ1) is 34.0. The monoisotopic (exact) mass is 1000 g/mol. The van der Waals surface area contributed by atoms with Gasteiger partial charge in [0, 0.05) is 76.7 Å². The molecular formula is C54H60N4O11S2. The van der Waals surface area contributed by atoms with Crippen molar-refractivity contribution in [1.29, 1.82) is 0 Å². The van der Waals surface area contributed by atoms with Gasteiger partial charge in [-0.1, -0.05) is 42.8 Å². The van der Waals surface area contributed by atoms with Crippen LogP contribution >= 0.6 is 0 Å². The standard InChI is InChI=1S/C30H34N2O6S.C24H26N2O5S/c1-21-14-23(26-8-3-4-9-27(26)31-21)17-38-24-10-12-25(13-11-24)39(35,36)20-30(16-29(34)37-2)18-32(19-30)28(33)15-22-6-5-7-22;1-17-11-18(21-5-3-4-6-22(21)26-17)13-31-19-7-9-20(10-8-19)32(28,29)16-24(14-25-15-24)12-23(27)30-2/h3-4,8-14,22H,5-7,15-20H2,1-2H3;3-11,25H,12-16H2,1-2H3. The van der Waals surface area contributed by atoms with E-state index >= 15 is 0 Å². The fraction of sp³-hybridized carbons (Fsp3) is 0.389. The van der Waals surface area contributed by atoms with Gasteiger partial charge in [-0.15, -0.1) is 0 Å². The first kappa shape index (κ1) is 50.9. The molecule has 374 valence electrons. The Labute approximate surface area is 415 Å². The Balaban J connectivity index is 0.000000194. The zero-order valence-corrected chi connectivity index (χ0v) is 42.2. The van der Waals surface area contributed by atoms with Crippen molar-refractivity contribution in [3.8, 4) is 11.5 Å². The lowest BCUT2D eigenvalue weighted by Gasteiger charge is -2.50. The number of ether oxygens (including phenoxy) is 4. The Bertz CT molecular complexity index is 3130. The first-order valence-corrected chi connectivity index (χ1v) is 27.0. The van der Waals surface area contributed by atoms with Crippen LogP contribution in [0.3, 0.4) is 0 Å². The largest absolute Gasteiger partial charge is 0.489 e. The number of carbonyl (C=O) groups is 3. The van der Waals surface area contributed by atoms with Crippen LogP contribution in [0.25, 0.3) is 21.8 Å². The Morgan fingerprint density at radius 3 is 1.48 bits per heavy atom. The summed E-state index contributed by atoms with van der Waals surface area (Å²) in [6, 6.07) is 32.5. The summed E-state index contributed by atoms with van der Waals surface area (Å²) in [7, 11) is -4.69. The lowest BCUT2D eigenvalue weighted by atomic mass is 9.77. The van der Waals surface area contributed by atoms with Gasteiger partial charge in [-0.25, -0.2) is 16.8 Å². The first-order valence-electron chi connectivity index (χ1n) is 23.7. The number of hydrogen-bond donors (Lipinski definition) is 1. The average Bonchev–Trinajstić information content (AvgIpc) is 3.32. The number of aryl methyl sites for hydroxylation is 2. The molecule has 2 saturated heterocycles. The summed E-state index contributed by atoms with van der Waals surface area (Å²) < 4.78 is 74.2. The number of benzene rings is 4. The van der Waals surface area contributed by atoms with E-state index in [0.29, 0.717) is 50.1 Å². The van der Waals surface area contributed by atoms with E-state index in [0.717, 1.165) is 63.6 Å². The van der Waals surface area contributed by atoms with Crippen molar-refractivity contribution in [2.24, 2.45) is 16.7 Å². The van der Waals surface area contributed by atoms with E-state index in [2.05, 4.69) is 15.3 Å². The van der Waals surface area contributed by atoms with Crippen LogP contribution in [0.1, 0.15) is 61.0 Å². The van der Waals surface area contributed by atoms with Crippen LogP contribution < -0.4 is 14.8 Å². The molecule has 4 aromatic carbocycles. The van der Waals surface area contributed by atoms with Crippen LogP contribution in [0.2, 0.25) is 0 Å². The highest BCUT2D eigenvalue weighted by atomic mass is 32.2. The molecule has 3 fully saturated rings. The highest BCUT2D eigenvalue weighted by Gasteiger charge is 2.50. The predicted octanol–water partition coefficient (Wildman–Crippen LogP) is 7.53. The number of fused-ring (bicyclic) bond motifs is 2. The molecule has 17 heteroatoms. The Kier molecular flexibility index (Phi) is 15.4. The maximum atomic E-state index is 13.4. The summed E-state index contributed by atoms with van der Waals surface area (Å²) in [4.78, 5) is 47.6. The molecule has 15 nitrogen and oxygen atoms in total. The fourth-order valence-electron chi connectivity index (χ4n) is 9.59. The molecule has 0 radical (unpaired) electrons. The molecule has 1 saturated carbocycles. The Hall–Kier alpha value is -6.43. The number of methoxy groups -OCH3 is 2. The maximum absolute atomic E-state index is 13.4. The summed E-state index contributed by atoms with van der Waals surface area (Å²) in [5.41, 5.74) is 4.17. The number of carbonyl (C=O) groups excluding carboxylic acids is 3. The van der Waals surface area contributed by atoms with Crippen molar-refractivity contribution in [3.05, 3.63) is 132 Å². The second-order valence-electron chi connectivity index (χ2n) is 19.3. The van der Waals surface area contributed by atoms with Gasteiger partial charge in [-0.05, 0) is 105 Å². The third-order valence-corrected chi connectivity index (χ3v) is 17.6. The van der Waals surface area contributed by atoms with Gasteiger partial charge in [0.1, 0.15) is 24.7 Å². The van der Waals surface area contributed by atoms with Crippen LogP contribution in [-0.2, 0) is 56.7 Å². The normalized spacial score (nSPS) is 16.1. The van der Waals surface area contributed by atoms with Crippen molar-refractivity contribution in [1.82, 2.24) is 20.2 Å². The lowest BCUT2D eigenvalue weighted by molar-refractivity contribution is -0.153. The maximum Gasteiger partial charge on any atom is 0.306 e. The highest BCUT2D eigenvalue weighted by Crippen LogP contribution is 2.40. The predicted molar refractivity (Wildman–Crippen MR) is 268 cm³/mol. The number of sulfone groups is 2. The van der Waals surface area contributed by atoms with E-state index < -0.39 is 42.4 Å². The number of hydrogen-bond acceptors (Lipinski definition) is 14. The SMILES string of the molecule is COC(=O)CC1(CS(=O)(=O)c2ccc(OCc3cc(C)nc4ccccc34)cc2)CN(C(=O)CC2CCC2)C1.COC(=O)CC1(CS(=O)(=O)c2ccc(OCc3cc(C)nc4ccccc34)cc2)CNC1. The molecule has 0 atom stereocenters. The Morgan fingerprint density at radius 1 is 0.634 bits per heavy atom. The van der Waals surface area contributed by atoms with Gasteiger partial charge in [0.15, 0.2) is 19.7 Å². The third-order valence-electron chi connectivity index (χ3n) is 13.6. The number of amides is 1. The number of likely N-dealkylation sites (tertiary alicyclic amines) is 1. The molecule has 1 N–H and O–H groups in total. The van der Waals surface area contributed by atoms with Crippen LogP contribution in [0.15, 0.2) is 119 Å². The van der Waals surface area contributed by atoms with Gasteiger partial charge in [-0.3, -0.25) is 24.4 Å². The zero-order valence-electron chi connectivity index (χ0n) is 40.5. The van der Waals surface area contributed by atoms with Crippen LogP contribution in [0.4, 0.5) is 0 Å². The summed E-state index contributed by atoms with van der Waals surface area (Å²) in [5.74, 6) is 0.388. The third kappa shape index (κ3) is 12.4. The molecule has 4 heterocycles. The minimum absolute atomic E-state index is 0.0382. The summed E-state index contributed by atoms with van der Waals surface area (Å²) in [5, 5.41) is 5.11. The lowest BCUT2D eigenvalue weighted by Crippen LogP contribution is -2.62. The number of para-hydroxylation sites is 2. The molecule has 1 amide bonds. The molecule has 2 aromatic heterocycles. The van der Waals surface area contributed by atoms with Gasteiger partial charge >= 0.3 is 11.9 Å². The van der Waals surface area contributed by atoms with Gasteiger partial charge in [0.2, 0.25) is 5.91 Å². The van der Waals surface area contributed by atoms with Crippen LogP contribution in [0, 0.1) is 30.6 Å². The van der Waals surface area contributed by atoms with E-state index in [1.54, 1.807) is 41.3 Å².